The number of benzene rings is 3. The van der Waals surface area contributed by atoms with E-state index in [9.17, 15) is 24.3 Å². The monoisotopic (exact) mass is 676 g/mol. The average molecular weight is 677 g/mol. The molecule has 1 N–H and O–H groups in total. The third-order valence-corrected chi connectivity index (χ3v) is 7.19. The molecule has 0 radical (unpaired) electrons. The van der Waals surface area contributed by atoms with Crippen molar-refractivity contribution in [3.8, 4) is 28.4 Å². The number of esters is 3. The Morgan fingerprint density at radius 3 is 1.71 bits per heavy atom. The van der Waals surface area contributed by atoms with Gasteiger partial charge in [0.15, 0.2) is 11.6 Å². The minimum atomic E-state index is -1.19. The maximum atomic E-state index is 15.1. The second-order valence-electron chi connectivity index (χ2n) is 10.8. The molecule has 0 spiro atoms. The predicted molar refractivity (Wildman–Crippen MR) is 180 cm³/mol. The van der Waals surface area contributed by atoms with Crippen LogP contribution < -0.4 is 14.2 Å². The minimum absolute atomic E-state index is 0.0422. The second kappa shape index (κ2) is 20.7. The van der Waals surface area contributed by atoms with E-state index < -0.39 is 29.7 Å². The summed E-state index contributed by atoms with van der Waals surface area (Å²) in [7, 11) is 0. The number of aromatic carboxylic acids is 1. The van der Waals surface area contributed by atoms with Crippen molar-refractivity contribution in [1.29, 1.82) is 0 Å². The van der Waals surface area contributed by atoms with Gasteiger partial charge in [-0.15, -0.1) is 0 Å². The van der Waals surface area contributed by atoms with Crippen molar-refractivity contribution in [2.24, 2.45) is 0 Å². The summed E-state index contributed by atoms with van der Waals surface area (Å²) in [6.07, 6.45) is 8.74. The van der Waals surface area contributed by atoms with Crippen molar-refractivity contribution < 1.29 is 52.4 Å². The summed E-state index contributed by atoms with van der Waals surface area (Å²) >= 11 is 0. The summed E-state index contributed by atoms with van der Waals surface area (Å²) < 4.78 is 41.8. The van der Waals surface area contributed by atoms with E-state index in [0.29, 0.717) is 37.9 Å². The van der Waals surface area contributed by atoms with Crippen LogP contribution in [0.4, 0.5) is 4.39 Å². The molecule has 0 aromatic heterocycles. The molecule has 0 aliphatic carbocycles. The lowest BCUT2D eigenvalue weighted by molar-refractivity contribution is -0.138. The van der Waals surface area contributed by atoms with Gasteiger partial charge in [-0.1, -0.05) is 19.2 Å². The molecule has 3 rings (SSSR count). The van der Waals surface area contributed by atoms with E-state index in [4.69, 9.17) is 23.7 Å². The Bertz CT molecular complexity index is 1580. The van der Waals surface area contributed by atoms with Crippen molar-refractivity contribution in [3.63, 3.8) is 0 Å². The molecule has 11 heteroatoms. The van der Waals surface area contributed by atoms with Gasteiger partial charge in [0.25, 0.3) is 0 Å². The summed E-state index contributed by atoms with van der Waals surface area (Å²) in [6.45, 7) is 8.23. The second-order valence-corrected chi connectivity index (χ2v) is 10.8. The van der Waals surface area contributed by atoms with Crippen LogP contribution in [-0.4, -0.2) is 55.4 Å². The Morgan fingerprint density at radius 2 is 1.18 bits per heavy atom. The van der Waals surface area contributed by atoms with Crippen LogP contribution in [0.25, 0.3) is 11.1 Å². The molecule has 0 heterocycles. The summed E-state index contributed by atoms with van der Waals surface area (Å²) in [5.74, 6) is -3.00. The molecule has 0 aliphatic heterocycles. The first-order valence-corrected chi connectivity index (χ1v) is 16.0. The molecule has 3 aromatic rings. The highest BCUT2D eigenvalue weighted by atomic mass is 19.1. The molecule has 0 atom stereocenters. The smallest absolute Gasteiger partial charge is 0.343 e. The van der Waals surface area contributed by atoms with E-state index in [1.807, 2.05) is 0 Å². The van der Waals surface area contributed by atoms with Crippen LogP contribution in [0.1, 0.15) is 72.1 Å². The zero-order valence-electron chi connectivity index (χ0n) is 27.3. The maximum absolute atomic E-state index is 15.1. The number of hydrogen-bond donors (Lipinski definition) is 1. The van der Waals surface area contributed by atoms with Gasteiger partial charge in [0.1, 0.15) is 11.5 Å². The number of carboxylic acids is 1. The van der Waals surface area contributed by atoms with E-state index in [1.54, 1.807) is 18.2 Å². The average Bonchev–Trinajstić information content (AvgIpc) is 3.11. The van der Waals surface area contributed by atoms with Gasteiger partial charge < -0.3 is 28.8 Å². The van der Waals surface area contributed by atoms with Crippen LogP contribution in [0.3, 0.4) is 0 Å². The van der Waals surface area contributed by atoms with Crippen LogP contribution in [0.5, 0.6) is 17.2 Å². The molecule has 0 saturated heterocycles. The number of carbonyl (C=O) groups is 4. The predicted octanol–water partition coefficient (Wildman–Crippen LogP) is 7.75. The summed E-state index contributed by atoms with van der Waals surface area (Å²) in [6, 6.07) is 14.6. The molecule has 3 aromatic carbocycles. The van der Waals surface area contributed by atoms with Crippen LogP contribution >= 0.6 is 0 Å². The van der Waals surface area contributed by atoms with Crippen LogP contribution in [-0.2, 0) is 19.1 Å². The molecule has 49 heavy (non-hydrogen) atoms. The maximum Gasteiger partial charge on any atom is 0.343 e. The third kappa shape index (κ3) is 13.3. The number of carboxylic acid groups (broad SMARTS) is 1. The highest BCUT2D eigenvalue weighted by molar-refractivity contribution is 5.96. The Morgan fingerprint density at radius 1 is 0.653 bits per heavy atom. The molecule has 0 fully saturated rings. The minimum Gasteiger partial charge on any atom is -0.494 e. The van der Waals surface area contributed by atoms with Gasteiger partial charge in [0.2, 0.25) is 0 Å². The Kier molecular flexibility index (Phi) is 16.1. The van der Waals surface area contributed by atoms with Crippen LogP contribution in [0.15, 0.2) is 86.0 Å². The lowest BCUT2D eigenvalue weighted by Gasteiger charge is -2.12. The molecule has 0 saturated carbocycles. The first-order chi connectivity index (χ1) is 23.7. The van der Waals surface area contributed by atoms with Gasteiger partial charge in [-0.25, -0.2) is 23.6 Å². The first-order valence-electron chi connectivity index (χ1n) is 16.0. The molecule has 10 nitrogen and oxygen atoms in total. The molecule has 0 amide bonds. The van der Waals surface area contributed by atoms with Gasteiger partial charge in [-0.2, -0.15) is 0 Å². The number of carbonyl (C=O) groups excluding carboxylic acids is 3. The number of ether oxygens (including phenoxy) is 5. The lowest BCUT2D eigenvalue weighted by Crippen LogP contribution is -2.09. The number of halogens is 1. The van der Waals surface area contributed by atoms with Gasteiger partial charge in [0.05, 0.1) is 37.6 Å². The van der Waals surface area contributed by atoms with Crippen LogP contribution in [0, 0.1) is 5.82 Å². The van der Waals surface area contributed by atoms with Crippen molar-refractivity contribution in [3.05, 3.63) is 103 Å². The fourth-order valence-corrected chi connectivity index (χ4v) is 4.59. The highest BCUT2D eigenvalue weighted by Gasteiger charge is 2.17. The summed E-state index contributed by atoms with van der Waals surface area (Å²) in [5.41, 5.74) is 0.667. The number of rotatable bonds is 22. The molecule has 0 unspecified atom stereocenters. The Hall–Kier alpha value is -5.45. The van der Waals surface area contributed by atoms with E-state index in [0.717, 1.165) is 69.6 Å². The largest absolute Gasteiger partial charge is 0.494 e. The summed E-state index contributed by atoms with van der Waals surface area (Å²) in [5, 5.41) is 9.73. The van der Waals surface area contributed by atoms with Crippen molar-refractivity contribution in [2.45, 2.75) is 51.4 Å². The molecule has 260 valence electrons. The fourth-order valence-electron chi connectivity index (χ4n) is 4.59. The summed E-state index contributed by atoms with van der Waals surface area (Å²) in [4.78, 5) is 46.7. The quantitative estimate of drug-likeness (QED) is 0.0487. The van der Waals surface area contributed by atoms with Gasteiger partial charge in [0, 0.05) is 12.2 Å². The van der Waals surface area contributed by atoms with Gasteiger partial charge in [-0.05, 0) is 117 Å². The van der Waals surface area contributed by atoms with Crippen molar-refractivity contribution in [2.75, 3.05) is 26.4 Å². The Labute approximate surface area is 285 Å². The van der Waals surface area contributed by atoms with Gasteiger partial charge >= 0.3 is 23.9 Å². The van der Waals surface area contributed by atoms with Crippen LogP contribution in [0.2, 0.25) is 0 Å². The van der Waals surface area contributed by atoms with E-state index >= 15 is 4.39 Å². The zero-order valence-corrected chi connectivity index (χ0v) is 27.3. The first kappa shape index (κ1) is 38.0. The SMILES string of the molecule is C=CC(=O)OCCCCCCOc1ccc(C(=O)Oc2ccc(-c3cc(OCCCCCCOC(=O)C=C)ccc3C(=O)O)cc2F)cc1. The lowest BCUT2D eigenvalue weighted by atomic mass is 9.99. The highest BCUT2D eigenvalue weighted by Crippen LogP contribution is 2.32. The normalized spacial score (nSPS) is 10.5. The molecule has 0 bridgehead atoms. The Balaban J connectivity index is 1.50. The standard InChI is InChI=1S/C38H41FO10/c1-3-35(40)47-23-11-7-5-9-21-45-29-16-13-27(14-17-29)38(44)49-34-20-15-28(25-33(34)39)32-26-30(18-19-31(32)37(42)43)46-22-10-6-8-12-24-48-36(41)4-2/h3-4,13-20,25-26H,1-2,5-12,21-24H2,(H,42,43). The van der Waals surface area contributed by atoms with Crippen molar-refractivity contribution >= 4 is 23.9 Å². The van der Waals surface area contributed by atoms with E-state index in [1.165, 1.54) is 36.4 Å². The van der Waals surface area contributed by atoms with Gasteiger partial charge in [-0.3, -0.25) is 0 Å². The number of hydrogen-bond acceptors (Lipinski definition) is 9. The fraction of sp³-hybridized carbons (Fsp3) is 0.316. The zero-order chi connectivity index (χ0) is 35.4. The topological polar surface area (TPSA) is 135 Å². The third-order valence-electron chi connectivity index (χ3n) is 7.19. The van der Waals surface area contributed by atoms with Crippen molar-refractivity contribution in [1.82, 2.24) is 0 Å². The molecular weight excluding hydrogens is 635 g/mol. The number of unbranched alkanes of at least 4 members (excludes halogenated alkanes) is 6. The molecular formula is C38H41FO10. The molecule has 0 aliphatic rings. The van der Waals surface area contributed by atoms with E-state index in [2.05, 4.69) is 13.2 Å². The van der Waals surface area contributed by atoms with E-state index in [-0.39, 0.29) is 28.0 Å².